The molecule has 2 amide bonds. The van der Waals surface area contributed by atoms with E-state index in [2.05, 4.69) is 5.32 Å². The van der Waals surface area contributed by atoms with Crippen LogP contribution >= 0.6 is 38.4 Å². The van der Waals surface area contributed by atoms with Crippen molar-refractivity contribution < 1.29 is 43.4 Å². The number of benzene rings is 1. The molecule has 0 saturated carbocycles. The Bertz CT molecular complexity index is 927. The van der Waals surface area contributed by atoms with Crippen LogP contribution in [0.5, 0.6) is 0 Å². The monoisotopic (exact) mass is 650 g/mol. The van der Waals surface area contributed by atoms with Crippen LogP contribution in [0.1, 0.15) is 24.8 Å². The first-order valence-corrected chi connectivity index (χ1v) is 14.9. The summed E-state index contributed by atoms with van der Waals surface area (Å²) in [5.41, 5.74) is 7.38. The zero-order chi connectivity index (χ0) is 26.9. The van der Waals surface area contributed by atoms with Crippen LogP contribution in [-0.2, 0) is 25.1 Å². The Labute approximate surface area is 298 Å². The molecule has 12 nitrogen and oxygen atoms in total. The molecule has 0 aromatic heterocycles. The van der Waals surface area contributed by atoms with Crippen molar-refractivity contribution in [1.82, 2.24) is 9.80 Å². The fourth-order valence-electron chi connectivity index (χ4n) is 3.40. The van der Waals surface area contributed by atoms with Crippen LogP contribution in [0.2, 0.25) is 0 Å². The van der Waals surface area contributed by atoms with Gasteiger partial charge < -0.3 is 35.7 Å². The summed E-state index contributed by atoms with van der Waals surface area (Å²) in [5, 5.41) is 8.88. The molecule has 38 heavy (non-hydrogen) atoms. The van der Waals surface area contributed by atoms with Crippen molar-refractivity contribution in [2.75, 3.05) is 31.4 Å². The maximum absolute atomic E-state index is 12.3. The number of hydrogen-bond donors (Lipinski definition) is 7. The van der Waals surface area contributed by atoms with Gasteiger partial charge in [0, 0.05) is 6.54 Å². The Morgan fingerprint density at radius 1 is 1.00 bits per heavy atom. The fraction of sp³-hybridized carbons (Fsp3) is 0.579. The molecule has 0 saturated heterocycles. The van der Waals surface area contributed by atoms with Crippen molar-refractivity contribution >= 4 is 145 Å². The summed E-state index contributed by atoms with van der Waals surface area (Å²) in [5.74, 6) is 0.0253. The van der Waals surface area contributed by atoms with Crippen molar-refractivity contribution in [2.45, 2.75) is 36.8 Å². The third-order valence-electron chi connectivity index (χ3n) is 5.58. The molecule has 19 heteroatoms. The summed E-state index contributed by atoms with van der Waals surface area (Å²) < 4.78 is 22.6. The summed E-state index contributed by atoms with van der Waals surface area (Å²) in [6, 6.07) is 6.06. The third-order valence-corrected chi connectivity index (χ3v) is 9.80. The predicted octanol–water partition coefficient (Wildman–Crippen LogP) is -1.16. The minimum absolute atomic E-state index is 0. The molecule has 1 rings (SSSR count). The average Bonchev–Trinajstić information content (AvgIpc) is 2.77. The third kappa shape index (κ3) is 12.8. The van der Waals surface area contributed by atoms with E-state index in [4.69, 9.17) is 48.5 Å². The van der Waals surface area contributed by atoms with Gasteiger partial charge in [0.2, 0.25) is 5.91 Å². The molecular formula is C19H35Cl2N3Na3O9P2+. The predicted molar refractivity (Wildman–Crippen MR) is 154 cm³/mol. The maximum atomic E-state index is 12.3. The summed E-state index contributed by atoms with van der Waals surface area (Å²) in [6.07, 6.45) is 0.0331. The van der Waals surface area contributed by atoms with Crippen LogP contribution < -0.4 is 15.5 Å². The number of hydrogen-bond acceptors (Lipinski definition) is 6. The molecule has 0 unspecified atom stereocenters. The van der Waals surface area contributed by atoms with Crippen LogP contribution in [-0.4, -0.2) is 168 Å². The van der Waals surface area contributed by atoms with E-state index in [1.165, 1.54) is 0 Å². The second-order valence-corrected chi connectivity index (χ2v) is 12.8. The number of unbranched alkanes of at least 4 members (excludes halogenated alkanes) is 1. The van der Waals surface area contributed by atoms with E-state index in [1.807, 2.05) is 0 Å². The Hall–Kier alpha value is 2.12. The van der Waals surface area contributed by atoms with Gasteiger partial charge in [-0.15, -0.1) is 23.2 Å². The number of rotatable bonds is 16. The number of alkyl halides is 2. The second-order valence-electron chi connectivity index (χ2n) is 8.05. The number of aliphatic hydroxyl groups is 1. The van der Waals surface area contributed by atoms with Gasteiger partial charge in [-0.25, -0.2) is 9.28 Å². The van der Waals surface area contributed by atoms with Gasteiger partial charge in [0.1, 0.15) is 18.8 Å². The number of nitrogens with two attached hydrogens (primary N) is 1. The molecule has 0 bridgehead atoms. The molecule has 1 atom stereocenters. The molecule has 0 aliphatic carbocycles. The molecule has 0 heterocycles. The molecule has 0 radical (unpaired) electrons. The standard InChI is InChI=1S/C19H31Cl2N3O9P2.3Na.3H/c20-8-11-24(14-25,12-9-21)16-5-3-15(4-6-16)13-17(22)18(26)23-10-2-1-7-19(27,34(28,29)30)35(31,32)33;;;;;;/h3-6,14,17,27H,1-2,7-13,22H2,(H4-,23,26,28,29,30,31,32,33);;;;;;/p+1/t17-;;;;;;/m0....../s1. The van der Waals surface area contributed by atoms with Gasteiger partial charge in [0.05, 0.1) is 17.8 Å². The average molecular weight is 651 g/mol. The number of carbonyl (C=O) groups excluding carboxylic acids is 2. The first-order chi connectivity index (χ1) is 16.2. The summed E-state index contributed by atoms with van der Waals surface area (Å²) >= 11 is 11.7. The SMILES string of the molecule is N[C@@H](Cc1ccc([N+](C=O)(CCCl)CCCl)cc1)C(=O)NCCCCC(O)(P(=O)(O)O)P(=O)(O)O.[NaH].[NaH].[NaH]. The van der Waals surface area contributed by atoms with E-state index in [0.717, 1.165) is 12.0 Å². The van der Waals surface area contributed by atoms with Crippen LogP contribution in [0.15, 0.2) is 24.3 Å². The van der Waals surface area contributed by atoms with E-state index in [9.17, 15) is 23.8 Å². The quantitative estimate of drug-likeness (QED) is 0.0285. The van der Waals surface area contributed by atoms with Crippen molar-refractivity contribution in [3.8, 4) is 0 Å². The Morgan fingerprint density at radius 2 is 1.47 bits per heavy atom. The Morgan fingerprint density at radius 3 is 1.87 bits per heavy atom. The molecule has 1 aromatic rings. The number of quaternary nitrogens is 1. The van der Waals surface area contributed by atoms with Crippen LogP contribution in [0.3, 0.4) is 0 Å². The number of halogens is 2. The number of nitrogens with one attached hydrogen (secondary N) is 1. The van der Waals surface area contributed by atoms with Crippen LogP contribution in [0, 0.1) is 0 Å². The van der Waals surface area contributed by atoms with E-state index >= 15 is 0 Å². The number of carbonyl (C=O) groups is 2. The van der Waals surface area contributed by atoms with Crippen molar-refractivity contribution in [2.24, 2.45) is 5.73 Å². The van der Waals surface area contributed by atoms with E-state index in [0.29, 0.717) is 18.8 Å². The first-order valence-electron chi connectivity index (χ1n) is 10.6. The van der Waals surface area contributed by atoms with Gasteiger partial charge in [0.25, 0.3) is 5.08 Å². The van der Waals surface area contributed by atoms with Gasteiger partial charge in [-0.3, -0.25) is 13.9 Å². The van der Waals surface area contributed by atoms with Crippen molar-refractivity contribution in [3.05, 3.63) is 29.8 Å². The normalized spacial score (nSPS) is 12.8. The fourth-order valence-corrected chi connectivity index (χ4v) is 6.26. The molecule has 206 valence electrons. The summed E-state index contributed by atoms with van der Waals surface area (Å²) in [7, 11) is -11.0. The van der Waals surface area contributed by atoms with E-state index in [-0.39, 0.29) is 131 Å². The van der Waals surface area contributed by atoms with Crippen LogP contribution in [0.25, 0.3) is 0 Å². The van der Waals surface area contributed by atoms with Gasteiger partial charge in [-0.1, -0.05) is 12.1 Å². The zero-order valence-corrected chi connectivity index (χ0v) is 22.2. The summed E-state index contributed by atoms with van der Waals surface area (Å²) in [6.45, 7) is 0.761. The Balaban J connectivity index is -0.00000408. The molecule has 8 N–H and O–H groups in total. The second kappa shape index (κ2) is 20.1. The molecular weight excluding hydrogens is 616 g/mol. The van der Waals surface area contributed by atoms with Crippen molar-refractivity contribution in [3.63, 3.8) is 0 Å². The van der Waals surface area contributed by atoms with Crippen molar-refractivity contribution in [1.29, 1.82) is 0 Å². The first kappa shape index (κ1) is 44.6. The topological polar surface area (TPSA) is 207 Å². The number of amides is 2. The molecule has 0 aliphatic heterocycles. The van der Waals surface area contributed by atoms with Crippen LogP contribution in [0.4, 0.5) is 5.69 Å². The van der Waals surface area contributed by atoms with Gasteiger partial charge in [0.15, 0.2) is 0 Å². The molecule has 0 aliphatic rings. The van der Waals surface area contributed by atoms with E-state index < -0.39 is 38.6 Å². The van der Waals surface area contributed by atoms with Gasteiger partial charge >= 0.3 is 110 Å². The van der Waals surface area contributed by atoms with Gasteiger partial charge in [-0.2, -0.15) is 0 Å². The minimum atomic E-state index is -5.50. The van der Waals surface area contributed by atoms with E-state index in [1.54, 1.807) is 24.3 Å². The van der Waals surface area contributed by atoms with Gasteiger partial charge in [-0.05, 0) is 43.4 Å². The molecule has 1 aromatic carbocycles. The Kier molecular flexibility index (Phi) is 23.6. The number of nitrogens with zero attached hydrogens (tertiary/aromatic N) is 1. The summed E-state index contributed by atoms with van der Waals surface area (Å²) in [4.78, 5) is 60.5. The molecule has 0 fully saturated rings. The molecule has 0 spiro atoms. The zero-order valence-electron chi connectivity index (χ0n) is 18.9.